The van der Waals surface area contributed by atoms with Crippen molar-refractivity contribution < 1.29 is 19.0 Å². The Balaban J connectivity index is 1.30. The molecule has 0 aliphatic carbocycles. The zero-order valence-electron chi connectivity index (χ0n) is 15.1. The third-order valence-corrected chi connectivity index (χ3v) is 4.57. The summed E-state index contributed by atoms with van der Waals surface area (Å²) >= 11 is 0. The van der Waals surface area contributed by atoms with Crippen molar-refractivity contribution in [2.24, 2.45) is 0 Å². The van der Waals surface area contributed by atoms with Crippen molar-refractivity contribution in [1.82, 2.24) is 9.55 Å². The molecule has 1 aliphatic heterocycles. The Morgan fingerprint density at radius 2 is 2.07 bits per heavy atom. The van der Waals surface area contributed by atoms with Crippen molar-refractivity contribution in [3.63, 3.8) is 0 Å². The highest BCUT2D eigenvalue weighted by atomic mass is 16.7. The zero-order chi connectivity index (χ0) is 18.6. The molecule has 2 aromatic carbocycles. The third-order valence-electron chi connectivity index (χ3n) is 4.57. The van der Waals surface area contributed by atoms with Crippen molar-refractivity contribution >= 4 is 5.97 Å². The lowest BCUT2D eigenvalue weighted by Gasteiger charge is -2.10. The van der Waals surface area contributed by atoms with E-state index in [-0.39, 0.29) is 19.4 Å². The largest absolute Gasteiger partial charge is 0.461 e. The first-order chi connectivity index (χ1) is 13.2. The van der Waals surface area contributed by atoms with Gasteiger partial charge in [0.05, 0.1) is 6.33 Å². The van der Waals surface area contributed by atoms with E-state index in [1.807, 2.05) is 48.0 Å². The van der Waals surface area contributed by atoms with Crippen LogP contribution in [0.2, 0.25) is 0 Å². The number of benzene rings is 2. The molecule has 0 bridgehead atoms. The number of esters is 1. The number of imidazole rings is 1. The van der Waals surface area contributed by atoms with E-state index in [9.17, 15) is 4.79 Å². The average molecular weight is 364 g/mol. The number of rotatable bonds is 6. The summed E-state index contributed by atoms with van der Waals surface area (Å²) in [7, 11) is 0. The minimum absolute atomic E-state index is 0.217. The fourth-order valence-corrected chi connectivity index (χ4v) is 2.99. The van der Waals surface area contributed by atoms with Gasteiger partial charge in [-0.3, -0.25) is 4.79 Å². The van der Waals surface area contributed by atoms with Crippen LogP contribution in [0, 0.1) is 6.92 Å². The van der Waals surface area contributed by atoms with Crippen molar-refractivity contribution in [2.45, 2.75) is 26.4 Å². The quantitative estimate of drug-likeness (QED) is 0.626. The number of hydrogen-bond donors (Lipinski definition) is 0. The van der Waals surface area contributed by atoms with Gasteiger partial charge in [-0.1, -0.05) is 12.1 Å². The lowest BCUT2D eigenvalue weighted by Crippen LogP contribution is -2.07. The number of fused-ring (bicyclic) bond motifs is 1. The fraction of sp³-hybridized carbons (Fsp3) is 0.238. The maximum atomic E-state index is 12.1. The molecule has 0 unspecified atom stereocenters. The molecule has 1 aromatic heterocycles. The Kier molecular flexibility index (Phi) is 4.78. The number of ether oxygens (including phenoxy) is 3. The van der Waals surface area contributed by atoms with E-state index in [1.54, 1.807) is 12.5 Å². The molecule has 0 atom stereocenters. The molecule has 0 saturated carbocycles. The maximum absolute atomic E-state index is 12.1. The van der Waals surface area contributed by atoms with Gasteiger partial charge in [0.2, 0.25) is 6.79 Å². The summed E-state index contributed by atoms with van der Waals surface area (Å²) in [5.41, 5.74) is 4.13. The SMILES string of the molecule is Cc1cc(-n2ccnc2)ccc1COC(=O)CCc1ccc2c(c1)OCO2. The van der Waals surface area contributed by atoms with Crippen LogP contribution in [-0.2, 0) is 22.6 Å². The van der Waals surface area contributed by atoms with Gasteiger partial charge in [-0.15, -0.1) is 0 Å². The molecular formula is C21H20N2O4. The Labute approximate surface area is 157 Å². The zero-order valence-corrected chi connectivity index (χ0v) is 15.1. The molecule has 0 fully saturated rings. The second-order valence-electron chi connectivity index (χ2n) is 6.43. The molecule has 0 saturated heterocycles. The third kappa shape index (κ3) is 3.95. The van der Waals surface area contributed by atoms with E-state index in [2.05, 4.69) is 11.1 Å². The predicted molar refractivity (Wildman–Crippen MR) is 99.0 cm³/mol. The van der Waals surface area contributed by atoms with E-state index in [4.69, 9.17) is 14.2 Å². The monoisotopic (exact) mass is 364 g/mol. The van der Waals surface area contributed by atoms with Crippen molar-refractivity contribution in [2.75, 3.05) is 6.79 Å². The molecule has 27 heavy (non-hydrogen) atoms. The van der Waals surface area contributed by atoms with Gasteiger partial charge in [-0.05, 0) is 54.3 Å². The Hall–Kier alpha value is -3.28. The maximum Gasteiger partial charge on any atom is 0.306 e. The number of aromatic nitrogens is 2. The van der Waals surface area contributed by atoms with Crippen LogP contribution in [0.5, 0.6) is 11.5 Å². The average Bonchev–Trinajstić information content (AvgIpc) is 3.36. The second kappa shape index (κ2) is 7.53. The van der Waals surface area contributed by atoms with Crippen LogP contribution in [0.4, 0.5) is 0 Å². The van der Waals surface area contributed by atoms with Gasteiger partial charge in [0.25, 0.3) is 0 Å². The summed E-state index contributed by atoms with van der Waals surface area (Å²) in [6.07, 6.45) is 6.32. The first-order valence-corrected chi connectivity index (χ1v) is 8.81. The normalized spacial score (nSPS) is 12.2. The smallest absolute Gasteiger partial charge is 0.306 e. The summed E-state index contributed by atoms with van der Waals surface area (Å²) < 4.78 is 18.0. The number of aryl methyl sites for hydroxylation is 2. The van der Waals surface area contributed by atoms with E-state index in [1.165, 1.54) is 0 Å². The number of hydrogen-bond acceptors (Lipinski definition) is 5. The van der Waals surface area contributed by atoms with Gasteiger partial charge in [0, 0.05) is 24.5 Å². The standard InChI is InChI=1S/C21H20N2O4/c1-15-10-18(23-9-8-22-13-23)5-4-17(15)12-25-21(24)7-3-16-2-6-19-20(11-16)27-14-26-19/h2,4-6,8-11,13H,3,7,12,14H2,1H3. The summed E-state index contributed by atoms with van der Waals surface area (Å²) in [5.74, 6) is 1.26. The Bertz CT molecular complexity index is 951. The van der Waals surface area contributed by atoms with Crippen LogP contribution in [-0.4, -0.2) is 22.3 Å². The molecule has 6 nitrogen and oxygen atoms in total. The highest BCUT2D eigenvalue weighted by Gasteiger charge is 2.14. The summed E-state index contributed by atoms with van der Waals surface area (Å²) in [6.45, 7) is 2.53. The van der Waals surface area contributed by atoms with Crippen LogP contribution in [0.25, 0.3) is 5.69 Å². The second-order valence-corrected chi connectivity index (χ2v) is 6.43. The lowest BCUT2D eigenvalue weighted by atomic mass is 10.1. The van der Waals surface area contributed by atoms with Gasteiger partial charge in [0.15, 0.2) is 11.5 Å². The molecule has 0 radical (unpaired) electrons. The number of carbonyl (C=O) groups is 1. The van der Waals surface area contributed by atoms with E-state index in [0.29, 0.717) is 12.8 Å². The molecule has 3 aromatic rings. The Morgan fingerprint density at radius 3 is 2.89 bits per heavy atom. The number of carbonyl (C=O) groups excluding carboxylic acids is 1. The predicted octanol–water partition coefficient (Wildman–Crippen LogP) is 3.59. The molecule has 138 valence electrons. The molecule has 1 aliphatic rings. The van der Waals surface area contributed by atoms with Crippen molar-refractivity contribution in [1.29, 1.82) is 0 Å². The minimum Gasteiger partial charge on any atom is -0.461 e. The summed E-state index contributed by atoms with van der Waals surface area (Å²) in [6, 6.07) is 11.8. The summed E-state index contributed by atoms with van der Waals surface area (Å²) in [5, 5.41) is 0. The first kappa shape index (κ1) is 17.1. The molecule has 2 heterocycles. The lowest BCUT2D eigenvalue weighted by molar-refractivity contribution is -0.144. The highest BCUT2D eigenvalue weighted by Crippen LogP contribution is 2.32. The van der Waals surface area contributed by atoms with Gasteiger partial charge in [0.1, 0.15) is 6.61 Å². The molecule has 4 rings (SSSR count). The van der Waals surface area contributed by atoms with Crippen molar-refractivity contribution in [3.8, 4) is 17.2 Å². The van der Waals surface area contributed by atoms with Gasteiger partial charge >= 0.3 is 5.97 Å². The van der Waals surface area contributed by atoms with Crippen LogP contribution in [0.1, 0.15) is 23.1 Å². The first-order valence-electron chi connectivity index (χ1n) is 8.81. The van der Waals surface area contributed by atoms with Crippen LogP contribution < -0.4 is 9.47 Å². The van der Waals surface area contributed by atoms with E-state index in [0.717, 1.165) is 33.9 Å². The molecule has 0 N–H and O–H groups in total. The van der Waals surface area contributed by atoms with Crippen LogP contribution in [0.15, 0.2) is 55.1 Å². The Morgan fingerprint density at radius 1 is 1.19 bits per heavy atom. The summed E-state index contributed by atoms with van der Waals surface area (Å²) in [4.78, 5) is 16.2. The van der Waals surface area contributed by atoms with Crippen LogP contribution >= 0.6 is 0 Å². The fourth-order valence-electron chi connectivity index (χ4n) is 2.99. The minimum atomic E-state index is -0.217. The molecule has 0 amide bonds. The van der Waals surface area contributed by atoms with Gasteiger partial charge in [-0.2, -0.15) is 0 Å². The van der Waals surface area contributed by atoms with E-state index >= 15 is 0 Å². The molecule has 6 heteroatoms. The number of nitrogens with zero attached hydrogens (tertiary/aromatic N) is 2. The van der Waals surface area contributed by atoms with Gasteiger partial charge in [-0.25, -0.2) is 4.98 Å². The molecular weight excluding hydrogens is 344 g/mol. The van der Waals surface area contributed by atoms with Crippen LogP contribution in [0.3, 0.4) is 0 Å². The topological polar surface area (TPSA) is 62.6 Å². The van der Waals surface area contributed by atoms with Crippen molar-refractivity contribution in [3.05, 3.63) is 71.8 Å². The molecule has 0 spiro atoms. The van der Waals surface area contributed by atoms with Gasteiger partial charge < -0.3 is 18.8 Å². The van der Waals surface area contributed by atoms with E-state index < -0.39 is 0 Å². The highest BCUT2D eigenvalue weighted by molar-refractivity contribution is 5.69.